The van der Waals surface area contributed by atoms with Crippen LogP contribution >= 0.6 is 0 Å². The fraction of sp³-hybridized carbons (Fsp3) is 0.455. The van der Waals surface area contributed by atoms with Gasteiger partial charge in [-0.2, -0.15) is 5.10 Å². The van der Waals surface area contributed by atoms with E-state index in [-0.39, 0.29) is 5.69 Å². The molecule has 16 heavy (non-hydrogen) atoms. The number of imidazole rings is 1. The minimum atomic E-state index is 0.0340. The second-order valence-corrected chi connectivity index (χ2v) is 3.70. The third-order valence-electron chi connectivity index (χ3n) is 2.62. The van der Waals surface area contributed by atoms with Gasteiger partial charge in [0.2, 0.25) is 0 Å². The zero-order valence-electron chi connectivity index (χ0n) is 9.63. The summed E-state index contributed by atoms with van der Waals surface area (Å²) in [4.78, 5) is 11.8. The third kappa shape index (κ3) is 1.93. The maximum Gasteiger partial charge on any atom is 0.328 e. The molecule has 0 N–H and O–H groups in total. The van der Waals surface area contributed by atoms with E-state index in [9.17, 15) is 4.79 Å². The second-order valence-electron chi connectivity index (χ2n) is 3.70. The minimum Gasteiger partial charge on any atom is -0.300 e. The predicted octanol–water partition coefficient (Wildman–Crippen LogP) is 0.934. The Morgan fingerprint density at radius 1 is 1.19 bits per heavy atom. The lowest BCUT2D eigenvalue weighted by Crippen LogP contribution is -2.23. The Bertz CT molecular complexity index is 520. The summed E-state index contributed by atoms with van der Waals surface area (Å²) in [5, 5.41) is 4.18. The summed E-state index contributed by atoms with van der Waals surface area (Å²) < 4.78 is 5.24. The van der Waals surface area contributed by atoms with Crippen molar-refractivity contribution in [2.24, 2.45) is 0 Å². The van der Waals surface area contributed by atoms with E-state index < -0.39 is 0 Å². The number of nitrogens with zero attached hydrogens (tertiary/aromatic N) is 4. The van der Waals surface area contributed by atoms with Gasteiger partial charge in [0.05, 0.1) is 12.7 Å². The van der Waals surface area contributed by atoms with Crippen LogP contribution < -0.4 is 5.69 Å². The van der Waals surface area contributed by atoms with Crippen LogP contribution in [0.3, 0.4) is 0 Å². The van der Waals surface area contributed by atoms with E-state index in [0.29, 0.717) is 13.1 Å². The molecule has 0 aliphatic rings. The van der Waals surface area contributed by atoms with Crippen LogP contribution in [0, 0.1) is 0 Å². The Morgan fingerprint density at radius 3 is 2.50 bits per heavy atom. The van der Waals surface area contributed by atoms with E-state index in [1.54, 1.807) is 15.3 Å². The van der Waals surface area contributed by atoms with Gasteiger partial charge in [-0.25, -0.2) is 4.79 Å². The first kappa shape index (κ1) is 10.7. The molecule has 5 nitrogen and oxygen atoms in total. The monoisotopic (exact) mass is 220 g/mol. The largest absolute Gasteiger partial charge is 0.328 e. The van der Waals surface area contributed by atoms with Gasteiger partial charge in [-0.1, -0.05) is 0 Å². The highest BCUT2D eigenvalue weighted by molar-refractivity contribution is 5.05. The Kier molecular flexibility index (Phi) is 2.94. The summed E-state index contributed by atoms with van der Waals surface area (Å²) in [7, 11) is 0. The van der Waals surface area contributed by atoms with Crippen molar-refractivity contribution in [1.82, 2.24) is 18.9 Å². The van der Waals surface area contributed by atoms with Gasteiger partial charge in [-0.3, -0.25) is 13.8 Å². The topological polar surface area (TPSA) is 44.8 Å². The lowest BCUT2D eigenvalue weighted by Gasteiger charge is -1.98. The van der Waals surface area contributed by atoms with Crippen molar-refractivity contribution < 1.29 is 0 Å². The lowest BCUT2D eigenvalue weighted by molar-refractivity contribution is 0.654. The van der Waals surface area contributed by atoms with Crippen molar-refractivity contribution in [1.29, 1.82) is 0 Å². The molecular formula is C11H16N4O. The Labute approximate surface area is 93.9 Å². The van der Waals surface area contributed by atoms with Crippen molar-refractivity contribution in [2.45, 2.75) is 33.5 Å². The summed E-state index contributed by atoms with van der Waals surface area (Å²) in [6.45, 7) is 6.15. The molecule has 0 saturated carbocycles. The third-order valence-corrected chi connectivity index (χ3v) is 2.62. The molecule has 0 aliphatic carbocycles. The van der Waals surface area contributed by atoms with Crippen molar-refractivity contribution in [3.05, 3.63) is 40.8 Å². The zero-order valence-corrected chi connectivity index (χ0v) is 9.63. The van der Waals surface area contributed by atoms with E-state index in [4.69, 9.17) is 0 Å². The van der Waals surface area contributed by atoms with E-state index >= 15 is 0 Å². The molecule has 0 fully saturated rings. The molecule has 0 aliphatic heterocycles. The Hall–Kier alpha value is -1.78. The number of aryl methyl sites for hydroxylation is 2. The molecule has 0 spiro atoms. The summed E-state index contributed by atoms with van der Waals surface area (Å²) in [6, 6.07) is 0. The fourth-order valence-electron chi connectivity index (χ4n) is 1.67. The molecule has 0 atom stereocenters. The molecular weight excluding hydrogens is 204 g/mol. The lowest BCUT2D eigenvalue weighted by atomic mass is 10.3. The number of rotatable bonds is 4. The Morgan fingerprint density at radius 2 is 1.94 bits per heavy atom. The standard InChI is InChI=1S/C11H16N4O/c1-3-13-5-6-14(11(13)16)8-10-7-12-15(4-2)9-10/h5-7,9H,3-4,8H2,1-2H3. The van der Waals surface area contributed by atoms with E-state index in [2.05, 4.69) is 5.10 Å². The minimum absolute atomic E-state index is 0.0340. The molecule has 2 aromatic heterocycles. The van der Waals surface area contributed by atoms with Crippen LogP contribution in [-0.4, -0.2) is 18.9 Å². The fourth-order valence-corrected chi connectivity index (χ4v) is 1.67. The first-order chi connectivity index (χ1) is 7.74. The second kappa shape index (κ2) is 4.38. The number of hydrogen-bond acceptors (Lipinski definition) is 2. The summed E-state index contributed by atoms with van der Waals surface area (Å²) in [6.07, 6.45) is 7.40. The van der Waals surface area contributed by atoms with E-state index in [0.717, 1.165) is 12.1 Å². The highest BCUT2D eigenvalue weighted by Crippen LogP contribution is 2.00. The number of aromatic nitrogens is 4. The average Bonchev–Trinajstić information content (AvgIpc) is 2.88. The molecule has 5 heteroatoms. The van der Waals surface area contributed by atoms with Crippen LogP contribution in [0.4, 0.5) is 0 Å². The molecule has 0 bridgehead atoms. The molecule has 0 amide bonds. The normalized spacial score (nSPS) is 10.9. The maximum atomic E-state index is 11.8. The van der Waals surface area contributed by atoms with Crippen molar-refractivity contribution >= 4 is 0 Å². The van der Waals surface area contributed by atoms with Gasteiger partial charge in [0.15, 0.2) is 0 Å². The van der Waals surface area contributed by atoms with Gasteiger partial charge in [0, 0.05) is 37.2 Å². The van der Waals surface area contributed by atoms with Crippen molar-refractivity contribution in [2.75, 3.05) is 0 Å². The van der Waals surface area contributed by atoms with Gasteiger partial charge < -0.3 is 0 Å². The first-order valence-corrected chi connectivity index (χ1v) is 5.51. The smallest absolute Gasteiger partial charge is 0.300 e. The van der Waals surface area contributed by atoms with E-state index in [1.165, 1.54) is 0 Å². The first-order valence-electron chi connectivity index (χ1n) is 5.51. The van der Waals surface area contributed by atoms with Gasteiger partial charge in [-0.15, -0.1) is 0 Å². The van der Waals surface area contributed by atoms with Gasteiger partial charge in [0.1, 0.15) is 0 Å². The van der Waals surface area contributed by atoms with Crippen LogP contribution in [0.15, 0.2) is 29.6 Å². The van der Waals surface area contributed by atoms with Crippen LogP contribution in [0.5, 0.6) is 0 Å². The maximum absolute atomic E-state index is 11.8. The molecule has 0 saturated heterocycles. The molecule has 0 radical (unpaired) electrons. The van der Waals surface area contributed by atoms with Gasteiger partial charge in [0.25, 0.3) is 0 Å². The summed E-state index contributed by atoms with van der Waals surface area (Å²) in [5.41, 5.74) is 1.09. The average molecular weight is 220 g/mol. The van der Waals surface area contributed by atoms with Crippen LogP contribution in [0.1, 0.15) is 19.4 Å². The quantitative estimate of drug-likeness (QED) is 0.769. The van der Waals surface area contributed by atoms with Gasteiger partial charge in [-0.05, 0) is 13.8 Å². The highest BCUT2D eigenvalue weighted by atomic mass is 16.1. The predicted molar refractivity (Wildman–Crippen MR) is 61.4 cm³/mol. The van der Waals surface area contributed by atoms with Crippen molar-refractivity contribution in [3.8, 4) is 0 Å². The van der Waals surface area contributed by atoms with Crippen LogP contribution in [0.25, 0.3) is 0 Å². The summed E-state index contributed by atoms with van der Waals surface area (Å²) in [5.74, 6) is 0. The van der Waals surface area contributed by atoms with Crippen LogP contribution in [-0.2, 0) is 19.6 Å². The van der Waals surface area contributed by atoms with Crippen molar-refractivity contribution in [3.63, 3.8) is 0 Å². The highest BCUT2D eigenvalue weighted by Gasteiger charge is 2.03. The molecule has 0 unspecified atom stereocenters. The molecule has 2 heterocycles. The summed E-state index contributed by atoms with van der Waals surface area (Å²) >= 11 is 0. The SMILES string of the molecule is CCn1cc(Cn2ccn(CC)c2=O)cn1. The van der Waals surface area contributed by atoms with Gasteiger partial charge >= 0.3 is 5.69 Å². The van der Waals surface area contributed by atoms with Crippen LogP contribution in [0.2, 0.25) is 0 Å². The molecule has 0 aromatic carbocycles. The van der Waals surface area contributed by atoms with E-state index in [1.807, 2.05) is 37.1 Å². The Balaban J connectivity index is 2.20. The molecule has 2 aromatic rings. The molecule has 2 rings (SSSR count). The number of hydrogen-bond donors (Lipinski definition) is 0. The molecule has 86 valence electrons. The zero-order chi connectivity index (χ0) is 11.5.